The highest BCUT2D eigenvalue weighted by Gasteiger charge is 2.29. The zero-order valence-corrected chi connectivity index (χ0v) is 18.5. The second kappa shape index (κ2) is 7.99. The van der Waals surface area contributed by atoms with Crippen LogP contribution < -0.4 is 0 Å². The van der Waals surface area contributed by atoms with Crippen molar-refractivity contribution in [2.24, 2.45) is 0 Å². The molecule has 5 aromatic rings. The number of imidazole rings is 1. The van der Waals surface area contributed by atoms with Crippen molar-refractivity contribution in [3.05, 3.63) is 70.7 Å². The van der Waals surface area contributed by atoms with Gasteiger partial charge in [0.15, 0.2) is 6.23 Å². The lowest BCUT2D eigenvalue weighted by molar-refractivity contribution is -0.388. The molecule has 0 N–H and O–H groups in total. The van der Waals surface area contributed by atoms with Gasteiger partial charge in [0.05, 0.1) is 16.5 Å². The molecule has 1 unspecified atom stereocenters. The Balaban J connectivity index is 1.59. The van der Waals surface area contributed by atoms with Gasteiger partial charge in [0.25, 0.3) is 0 Å². The number of pyridine rings is 1. The Morgan fingerprint density at radius 3 is 2.85 bits per heavy atom. The third-order valence-corrected chi connectivity index (χ3v) is 6.10. The second-order valence-electron chi connectivity index (χ2n) is 8.34. The first-order valence-corrected chi connectivity index (χ1v) is 11.2. The van der Waals surface area contributed by atoms with E-state index >= 15 is 0 Å². The SMILES string of the molecule is Cc1cccc(-c2nc3ncccn3c2-c2ccc3c(c2)c([N+](=O)[O-])nn3C2CCCCO2)n1. The number of fused-ring (bicyclic) bond motifs is 2. The van der Waals surface area contributed by atoms with Crippen molar-refractivity contribution in [1.29, 1.82) is 0 Å². The van der Waals surface area contributed by atoms with Crippen LogP contribution >= 0.6 is 0 Å². The third kappa shape index (κ3) is 3.30. The Labute approximate surface area is 194 Å². The summed E-state index contributed by atoms with van der Waals surface area (Å²) in [7, 11) is 0. The molecule has 1 aromatic carbocycles. The molecular weight excluding hydrogens is 434 g/mol. The quantitative estimate of drug-likeness (QED) is 0.284. The highest BCUT2D eigenvalue weighted by molar-refractivity contribution is 5.93. The van der Waals surface area contributed by atoms with Crippen molar-refractivity contribution in [3.63, 3.8) is 0 Å². The maximum absolute atomic E-state index is 11.9. The van der Waals surface area contributed by atoms with Crippen molar-refractivity contribution >= 4 is 22.5 Å². The number of aryl methyl sites for hydroxylation is 1. The first-order chi connectivity index (χ1) is 16.6. The first-order valence-electron chi connectivity index (χ1n) is 11.2. The van der Waals surface area contributed by atoms with Crippen molar-refractivity contribution < 1.29 is 9.66 Å². The fourth-order valence-corrected chi connectivity index (χ4v) is 4.56. The predicted molar refractivity (Wildman–Crippen MR) is 125 cm³/mol. The third-order valence-electron chi connectivity index (χ3n) is 6.10. The normalized spacial score (nSPS) is 16.3. The fourth-order valence-electron chi connectivity index (χ4n) is 4.56. The molecule has 0 radical (unpaired) electrons. The van der Waals surface area contributed by atoms with Crippen LogP contribution in [0.15, 0.2) is 54.9 Å². The standard InChI is InChI=1S/C24H21N7O3/c1-15-6-4-7-18(26-15)21-22(29-12-5-11-25-24(29)27-21)16-9-10-19-17(14-16)23(31(32)33)28-30(19)20-8-2-3-13-34-20/h4-7,9-12,14,20H,2-3,8,13H2,1H3. The van der Waals surface area contributed by atoms with Crippen LogP contribution in [0.25, 0.3) is 39.3 Å². The number of hydrogen-bond acceptors (Lipinski definition) is 7. The van der Waals surface area contributed by atoms with Gasteiger partial charge in [-0.3, -0.25) is 9.38 Å². The van der Waals surface area contributed by atoms with Gasteiger partial charge in [-0.2, -0.15) is 0 Å². The van der Waals surface area contributed by atoms with Gasteiger partial charge in [0, 0.05) is 30.3 Å². The molecule has 4 aromatic heterocycles. The minimum atomic E-state index is -0.440. The Morgan fingerprint density at radius 1 is 1.15 bits per heavy atom. The van der Waals surface area contributed by atoms with Crippen LogP contribution in [0.5, 0.6) is 0 Å². The van der Waals surface area contributed by atoms with Gasteiger partial charge in [0.2, 0.25) is 5.78 Å². The molecule has 1 atom stereocenters. The van der Waals surface area contributed by atoms with Gasteiger partial charge < -0.3 is 14.9 Å². The number of nitrogens with zero attached hydrogens (tertiary/aromatic N) is 7. The molecule has 1 aliphatic heterocycles. The van der Waals surface area contributed by atoms with Crippen LogP contribution in [0.3, 0.4) is 0 Å². The number of benzene rings is 1. The molecule has 1 fully saturated rings. The first kappa shape index (κ1) is 20.4. The maximum atomic E-state index is 11.9. The van der Waals surface area contributed by atoms with Crippen LogP contribution in [0.1, 0.15) is 31.2 Å². The van der Waals surface area contributed by atoms with E-state index in [4.69, 9.17) is 9.72 Å². The maximum Gasteiger partial charge on any atom is 0.397 e. The average molecular weight is 455 g/mol. The molecule has 0 aliphatic carbocycles. The molecule has 170 valence electrons. The van der Waals surface area contributed by atoms with Crippen molar-refractivity contribution in [1.82, 2.24) is 29.1 Å². The Hall–Kier alpha value is -4.18. The highest BCUT2D eigenvalue weighted by atomic mass is 16.6. The van der Waals surface area contributed by atoms with Crippen molar-refractivity contribution in [3.8, 4) is 22.6 Å². The number of nitro groups is 1. The van der Waals surface area contributed by atoms with E-state index in [1.54, 1.807) is 16.9 Å². The van der Waals surface area contributed by atoms with Gasteiger partial charge in [-0.15, -0.1) is 4.68 Å². The van der Waals surface area contributed by atoms with E-state index in [1.165, 1.54) is 0 Å². The van der Waals surface area contributed by atoms with E-state index in [2.05, 4.69) is 15.1 Å². The largest absolute Gasteiger partial charge is 0.397 e. The lowest BCUT2D eigenvalue weighted by atomic mass is 10.1. The Bertz CT molecular complexity index is 1550. The number of rotatable bonds is 4. The number of hydrogen-bond donors (Lipinski definition) is 0. The smallest absolute Gasteiger partial charge is 0.358 e. The van der Waals surface area contributed by atoms with Gasteiger partial charge in [-0.05, 0) is 61.4 Å². The molecule has 0 amide bonds. The molecule has 0 saturated carbocycles. The van der Waals surface area contributed by atoms with Crippen molar-refractivity contribution in [2.45, 2.75) is 32.4 Å². The molecule has 10 heteroatoms. The summed E-state index contributed by atoms with van der Waals surface area (Å²) in [6.07, 6.45) is 6.02. The molecule has 5 heterocycles. The average Bonchev–Trinajstić information content (AvgIpc) is 3.43. The summed E-state index contributed by atoms with van der Waals surface area (Å²) in [5, 5.41) is 16.7. The van der Waals surface area contributed by atoms with E-state index in [-0.39, 0.29) is 12.0 Å². The van der Waals surface area contributed by atoms with E-state index < -0.39 is 4.92 Å². The summed E-state index contributed by atoms with van der Waals surface area (Å²) in [5.74, 6) is 0.338. The molecule has 10 nitrogen and oxygen atoms in total. The summed E-state index contributed by atoms with van der Waals surface area (Å²) in [6, 6.07) is 13.2. The molecule has 0 spiro atoms. The molecule has 1 saturated heterocycles. The summed E-state index contributed by atoms with van der Waals surface area (Å²) >= 11 is 0. The topological polar surface area (TPSA) is 113 Å². The van der Waals surface area contributed by atoms with Gasteiger partial charge in [-0.1, -0.05) is 12.1 Å². The lowest BCUT2D eigenvalue weighted by Gasteiger charge is -2.20. The fraction of sp³-hybridized carbons (Fsp3) is 0.250. The summed E-state index contributed by atoms with van der Waals surface area (Å²) < 4.78 is 9.38. The van der Waals surface area contributed by atoms with Gasteiger partial charge >= 0.3 is 5.82 Å². The number of ether oxygens (including phenoxy) is 1. The van der Waals surface area contributed by atoms with Crippen LogP contribution in [0, 0.1) is 17.0 Å². The second-order valence-corrected chi connectivity index (χ2v) is 8.34. The van der Waals surface area contributed by atoms with Gasteiger partial charge in [-0.25, -0.2) is 9.97 Å². The van der Waals surface area contributed by atoms with Crippen LogP contribution in [-0.2, 0) is 4.74 Å². The molecule has 6 rings (SSSR count). The molecule has 1 aliphatic rings. The van der Waals surface area contributed by atoms with Crippen LogP contribution in [0.4, 0.5) is 5.82 Å². The molecular formula is C24H21N7O3. The highest BCUT2D eigenvalue weighted by Crippen LogP contribution is 2.37. The van der Waals surface area contributed by atoms with E-state index in [9.17, 15) is 10.1 Å². The molecule has 0 bridgehead atoms. The van der Waals surface area contributed by atoms with E-state index in [0.717, 1.165) is 36.2 Å². The minimum Gasteiger partial charge on any atom is -0.358 e. The Morgan fingerprint density at radius 2 is 2.06 bits per heavy atom. The summed E-state index contributed by atoms with van der Waals surface area (Å²) in [4.78, 5) is 25.2. The predicted octanol–water partition coefficient (Wildman–Crippen LogP) is 4.72. The Kier molecular flexibility index (Phi) is 4.80. The minimum absolute atomic E-state index is 0.187. The summed E-state index contributed by atoms with van der Waals surface area (Å²) in [6.45, 7) is 2.55. The van der Waals surface area contributed by atoms with Crippen LogP contribution in [-0.4, -0.2) is 40.7 Å². The zero-order valence-electron chi connectivity index (χ0n) is 18.5. The monoisotopic (exact) mass is 455 g/mol. The van der Waals surface area contributed by atoms with Crippen LogP contribution in [0.2, 0.25) is 0 Å². The molecule has 34 heavy (non-hydrogen) atoms. The lowest BCUT2D eigenvalue weighted by Crippen LogP contribution is -2.19. The summed E-state index contributed by atoms with van der Waals surface area (Å²) in [5.41, 5.74) is 4.43. The van der Waals surface area contributed by atoms with E-state index in [0.29, 0.717) is 34.7 Å². The van der Waals surface area contributed by atoms with Crippen molar-refractivity contribution in [2.75, 3.05) is 6.61 Å². The van der Waals surface area contributed by atoms with E-state index in [1.807, 2.05) is 53.9 Å². The zero-order chi connectivity index (χ0) is 23.2. The van der Waals surface area contributed by atoms with Gasteiger partial charge in [0.1, 0.15) is 16.6 Å². The number of aromatic nitrogens is 6.